The van der Waals surface area contributed by atoms with E-state index in [2.05, 4.69) is 11.4 Å². The Morgan fingerprint density at radius 3 is 2.66 bits per heavy atom. The van der Waals surface area contributed by atoms with Gasteiger partial charge in [0.1, 0.15) is 18.4 Å². The minimum atomic E-state index is -0.553. The standard InChI is InChI=1S/C23H24N2O4/c24-14-19-8-4-5-12-21(19)28-15-17-7-6-9-18(13-17)23(27)29-16-22(26)25-20-10-2-1-3-11-20/h4-9,12-13,20H,1-3,10-11,15-16H2,(H,25,26). The predicted molar refractivity (Wildman–Crippen MR) is 107 cm³/mol. The van der Waals surface area contributed by atoms with Gasteiger partial charge in [0.15, 0.2) is 6.61 Å². The zero-order valence-corrected chi connectivity index (χ0v) is 16.2. The van der Waals surface area contributed by atoms with Gasteiger partial charge in [-0.25, -0.2) is 4.79 Å². The van der Waals surface area contributed by atoms with E-state index in [0.717, 1.165) is 31.2 Å². The highest BCUT2D eigenvalue weighted by atomic mass is 16.5. The van der Waals surface area contributed by atoms with E-state index in [1.54, 1.807) is 42.5 Å². The zero-order valence-electron chi connectivity index (χ0n) is 16.2. The Kier molecular flexibility index (Phi) is 7.23. The summed E-state index contributed by atoms with van der Waals surface area (Å²) in [7, 11) is 0. The van der Waals surface area contributed by atoms with E-state index in [1.165, 1.54) is 6.42 Å². The van der Waals surface area contributed by atoms with Crippen LogP contribution in [0.1, 0.15) is 53.6 Å². The van der Waals surface area contributed by atoms with E-state index in [0.29, 0.717) is 16.9 Å². The first kappa shape index (κ1) is 20.4. The molecule has 150 valence electrons. The topological polar surface area (TPSA) is 88.4 Å². The Labute approximate surface area is 170 Å². The summed E-state index contributed by atoms with van der Waals surface area (Å²) in [4.78, 5) is 24.3. The molecule has 0 radical (unpaired) electrons. The quantitative estimate of drug-likeness (QED) is 0.725. The molecule has 0 bridgehead atoms. The number of hydrogen-bond donors (Lipinski definition) is 1. The number of benzene rings is 2. The van der Waals surface area contributed by atoms with Crippen LogP contribution >= 0.6 is 0 Å². The molecule has 1 N–H and O–H groups in total. The second-order valence-corrected chi connectivity index (χ2v) is 7.08. The summed E-state index contributed by atoms with van der Waals surface area (Å²) < 4.78 is 10.8. The SMILES string of the molecule is N#Cc1ccccc1OCc1cccc(C(=O)OCC(=O)NC2CCCCC2)c1. The molecule has 1 aliphatic rings. The van der Waals surface area contributed by atoms with Crippen molar-refractivity contribution in [2.45, 2.75) is 44.8 Å². The predicted octanol–water partition coefficient (Wildman–Crippen LogP) is 3.74. The summed E-state index contributed by atoms with van der Waals surface area (Å²) >= 11 is 0. The summed E-state index contributed by atoms with van der Waals surface area (Å²) in [5.74, 6) is -0.330. The molecule has 1 fully saturated rings. The molecule has 0 unspecified atom stereocenters. The van der Waals surface area contributed by atoms with E-state index in [4.69, 9.17) is 14.7 Å². The number of hydrogen-bond acceptors (Lipinski definition) is 5. The van der Waals surface area contributed by atoms with Crippen LogP contribution in [0, 0.1) is 11.3 Å². The van der Waals surface area contributed by atoms with Crippen molar-refractivity contribution in [1.82, 2.24) is 5.32 Å². The number of carbonyl (C=O) groups is 2. The minimum Gasteiger partial charge on any atom is -0.488 e. The van der Waals surface area contributed by atoms with E-state index >= 15 is 0 Å². The Balaban J connectivity index is 1.51. The van der Waals surface area contributed by atoms with Gasteiger partial charge in [-0.15, -0.1) is 0 Å². The molecule has 1 amide bonds. The van der Waals surface area contributed by atoms with Crippen molar-refractivity contribution >= 4 is 11.9 Å². The summed E-state index contributed by atoms with van der Waals surface area (Å²) in [6.07, 6.45) is 5.42. The first-order chi connectivity index (χ1) is 14.2. The number of nitriles is 1. The molecule has 2 aromatic rings. The van der Waals surface area contributed by atoms with E-state index in [-0.39, 0.29) is 25.2 Å². The fourth-order valence-corrected chi connectivity index (χ4v) is 3.36. The fourth-order valence-electron chi connectivity index (χ4n) is 3.36. The molecular weight excluding hydrogens is 368 g/mol. The van der Waals surface area contributed by atoms with Crippen LogP contribution in [0.15, 0.2) is 48.5 Å². The van der Waals surface area contributed by atoms with Crippen molar-refractivity contribution in [3.05, 3.63) is 65.2 Å². The lowest BCUT2D eigenvalue weighted by molar-refractivity contribution is -0.125. The Morgan fingerprint density at radius 2 is 1.86 bits per heavy atom. The Bertz CT molecular complexity index is 898. The molecule has 29 heavy (non-hydrogen) atoms. The number of rotatable bonds is 7. The maximum Gasteiger partial charge on any atom is 0.338 e. The lowest BCUT2D eigenvalue weighted by Gasteiger charge is -2.22. The summed E-state index contributed by atoms with van der Waals surface area (Å²) in [5, 5.41) is 12.0. The van der Waals surface area contributed by atoms with Gasteiger partial charge in [0.2, 0.25) is 0 Å². The van der Waals surface area contributed by atoms with Gasteiger partial charge in [0.05, 0.1) is 11.1 Å². The maximum absolute atomic E-state index is 12.3. The Morgan fingerprint density at radius 1 is 1.07 bits per heavy atom. The molecule has 0 saturated heterocycles. The van der Waals surface area contributed by atoms with Crippen LogP contribution in [-0.4, -0.2) is 24.5 Å². The molecule has 0 atom stereocenters. The third-order valence-corrected chi connectivity index (χ3v) is 4.87. The number of para-hydroxylation sites is 1. The lowest BCUT2D eigenvalue weighted by atomic mass is 9.95. The van der Waals surface area contributed by atoms with Gasteiger partial charge in [0.25, 0.3) is 5.91 Å². The zero-order chi connectivity index (χ0) is 20.5. The van der Waals surface area contributed by atoms with Crippen molar-refractivity contribution in [3.63, 3.8) is 0 Å². The van der Waals surface area contributed by atoms with Crippen molar-refractivity contribution < 1.29 is 19.1 Å². The number of amides is 1. The van der Waals surface area contributed by atoms with Gasteiger partial charge < -0.3 is 14.8 Å². The molecule has 3 rings (SSSR count). The van der Waals surface area contributed by atoms with Gasteiger partial charge in [-0.3, -0.25) is 4.79 Å². The molecule has 1 aliphatic carbocycles. The molecule has 1 saturated carbocycles. The highest BCUT2D eigenvalue weighted by Crippen LogP contribution is 2.19. The highest BCUT2D eigenvalue weighted by Gasteiger charge is 2.17. The van der Waals surface area contributed by atoms with Gasteiger partial charge in [-0.05, 0) is 42.7 Å². The van der Waals surface area contributed by atoms with Gasteiger partial charge in [0, 0.05) is 6.04 Å². The third-order valence-electron chi connectivity index (χ3n) is 4.87. The molecule has 0 aliphatic heterocycles. The molecule has 0 aromatic heterocycles. The fraction of sp³-hybridized carbons (Fsp3) is 0.348. The maximum atomic E-state index is 12.3. The molecular formula is C23H24N2O4. The van der Waals surface area contributed by atoms with Crippen molar-refractivity contribution in [1.29, 1.82) is 5.26 Å². The molecule has 2 aromatic carbocycles. The number of ether oxygens (including phenoxy) is 2. The summed E-state index contributed by atoms with van der Waals surface area (Å²) in [5.41, 5.74) is 1.57. The molecule has 0 heterocycles. The minimum absolute atomic E-state index is 0.187. The summed E-state index contributed by atoms with van der Waals surface area (Å²) in [6, 6.07) is 16.1. The summed E-state index contributed by atoms with van der Waals surface area (Å²) in [6.45, 7) is -0.0758. The molecule has 0 spiro atoms. The Hall–Kier alpha value is -3.33. The number of nitrogens with one attached hydrogen (secondary N) is 1. The smallest absolute Gasteiger partial charge is 0.338 e. The normalized spacial score (nSPS) is 13.9. The van der Waals surface area contributed by atoms with Gasteiger partial charge in [-0.1, -0.05) is 43.5 Å². The van der Waals surface area contributed by atoms with Crippen molar-refractivity contribution in [3.8, 4) is 11.8 Å². The second kappa shape index (κ2) is 10.3. The lowest BCUT2D eigenvalue weighted by Crippen LogP contribution is -2.38. The van der Waals surface area contributed by atoms with E-state index in [1.807, 2.05) is 6.07 Å². The van der Waals surface area contributed by atoms with Gasteiger partial charge >= 0.3 is 5.97 Å². The molecule has 6 heteroatoms. The number of nitrogens with zero attached hydrogens (tertiary/aromatic N) is 1. The largest absolute Gasteiger partial charge is 0.488 e. The van der Waals surface area contributed by atoms with Crippen LogP contribution in [0.2, 0.25) is 0 Å². The van der Waals surface area contributed by atoms with E-state index in [9.17, 15) is 9.59 Å². The van der Waals surface area contributed by atoms with Crippen molar-refractivity contribution in [2.24, 2.45) is 0 Å². The van der Waals surface area contributed by atoms with Crippen LogP contribution in [-0.2, 0) is 16.1 Å². The number of carbonyl (C=O) groups excluding carboxylic acids is 2. The van der Waals surface area contributed by atoms with Crippen LogP contribution in [0.4, 0.5) is 0 Å². The van der Waals surface area contributed by atoms with Crippen LogP contribution < -0.4 is 10.1 Å². The molecule has 6 nitrogen and oxygen atoms in total. The van der Waals surface area contributed by atoms with Crippen LogP contribution in [0.25, 0.3) is 0 Å². The monoisotopic (exact) mass is 392 g/mol. The highest BCUT2D eigenvalue weighted by molar-refractivity contribution is 5.91. The third kappa shape index (κ3) is 6.08. The number of esters is 1. The van der Waals surface area contributed by atoms with Crippen LogP contribution in [0.3, 0.4) is 0 Å². The second-order valence-electron chi connectivity index (χ2n) is 7.08. The average Bonchev–Trinajstić information content (AvgIpc) is 2.77. The van der Waals surface area contributed by atoms with Crippen LogP contribution in [0.5, 0.6) is 5.75 Å². The van der Waals surface area contributed by atoms with Crippen molar-refractivity contribution in [2.75, 3.05) is 6.61 Å². The van der Waals surface area contributed by atoms with E-state index < -0.39 is 5.97 Å². The average molecular weight is 392 g/mol. The van der Waals surface area contributed by atoms with Gasteiger partial charge in [-0.2, -0.15) is 5.26 Å². The first-order valence-corrected chi connectivity index (χ1v) is 9.83. The first-order valence-electron chi connectivity index (χ1n) is 9.83.